The first kappa shape index (κ1) is 23.0. The van der Waals surface area contributed by atoms with Gasteiger partial charge in [0.25, 0.3) is 0 Å². The molecular weight excluding hydrogens is 390 g/mol. The van der Waals surface area contributed by atoms with Gasteiger partial charge in [-0.25, -0.2) is 4.98 Å². The van der Waals surface area contributed by atoms with Gasteiger partial charge in [0.2, 0.25) is 0 Å². The van der Waals surface area contributed by atoms with Crippen molar-refractivity contribution < 1.29 is 14.4 Å². The number of esters is 1. The van der Waals surface area contributed by atoms with Gasteiger partial charge in [0.05, 0.1) is 24.7 Å². The third kappa shape index (κ3) is 7.53. The average Bonchev–Trinajstić information content (AvgIpc) is 3.34. The van der Waals surface area contributed by atoms with Gasteiger partial charge in [-0.3, -0.25) is 4.79 Å². The number of carbonyl (C=O) groups excluding carboxylic acids is 1. The van der Waals surface area contributed by atoms with Crippen molar-refractivity contribution >= 4 is 11.7 Å². The SMILES string of the molecule is CCOC(=O)CCCCON=C(C1CCCCC1)C(Cc1ccccc1)n1ccnc1. The second-order valence-corrected chi connectivity index (χ2v) is 8.16. The Labute approximate surface area is 185 Å². The molecule has 3 rings (SSSR count). The summed E-state index contributed by atoms with van der Waals surface area (Å²) in [5.74, 6) is 0.293. The summed E-state index contributed by atoms with van der Waals surface area (Å²) in [7, 11) is 0. The fraction of sp³-hybridized carbons (Fsp3) is 0.560. The molecule has 1 saturated carbocycles. The highest BCUT2D eigenvalue weighted by atomic mass is 16.6. The summed E-state index contributed by atoms with van der Waals surface area (Å²) in [5, 5.41) is 4.70. The first-order valence-electron chi connectivity index (χ1n) is 11.6. The van der Waals surface area contributed by atoms with Crippen LogP contribution in [-0.4, -0.2) is 34.4 Å². The predicted molar refractivity (Wildman–Crippen MR) is 122 cm³/mol. The van der Waals surface area contributed by atoms with Crippen molar-refractivity contribution in [3.8, 4) is 0 Å². The minimum Gasteiger partial charge on any atom is -0.466 e. The Bertz CT molecular complexity index is 784. The molecule has 1 fully saturated rings. The summed E-state index contributed by atoms with van der Waals surface area (Å²) in [6.07, 6.45) is 14.7. The molecule has 1 aromatic carbocycles. The second kappa shape index (κ2) is 12.9. The van der Waals surface area contributed by atoms with E-state index in [1.807, 2.05) is 31.7 Å². The van der Waals surface area contributed by atoms with E-state index in [1.54, 1.807) is 0 Å². The van der Waals surface area contributed by atoms with Gasteiger partial charge >= 0.3 is 5.97 Å². The van der Waals surface area contributed by atoms with E-state index >= 15 is 0 Å². The maximum absolute atomic E-state index is 11.5. The van der Waals surface area contributed by atoms with Crippen LogP contribution in [0.15, 0.2) is 54.2 Å². The molecule has 0 bridgehead atoms. The van der Waals surface area contributed by atoms with Gasteiger partial charge in [-0.15, -0.1) is 0 Å². The van der Waals surface area contributed by atoms with Crippen LogP contribution in [0.3, 0.4) is 0 Å². The van der Waals surface area contributed by atoms with Gasteiger partial charge in [-0.1, -0.05) is 54.8 Å². The third-order valence-corrected chi connectivity index (χ3v) is 5.86. The average molecular weight is 426 g/mol. The van der Waals surface area contributed by atoms with Crippen LogP contribution in [0.25, 0.3) is 0 Å². The van der Waals surface area contributed by atoms with E-state index in [0.29, 0.717) is 25.6 Å². The Morgan fingerprint density at radius 2 is 2.00 bits per heavy atom. The standard InChI is InChI=1S/C25H35N3O3/c1-2-30-24(29)15-9-10-18-31-27-25(22-13-7-4-8-14-22)23(28-17-16-26-20-28)19-21-11-5-3-6-12-21/h3,5-6,11-12,16-17,20,22-23H,2,4,7-10,13-15,18-19H2,1H3. The molecule has 0 aliphatic heterocycles. The summed E-state index contributed by atoms with van der Waals surface area (Å²) in [4.78, 5) is 21.6. The van der Waals surface area contributed by atoms with Gasteiger partial charge in [0, 0.05) is 24.7 Å². The normalized spacial score (nSPS) is 16.1. The van der Waals surface area contributed by atoms with Crippen molar-refractivity contribution in [3.63, 3.8) is 0 Å². The molecule has 1 aliphatic rings. The van der Waals surface area contributed by atoms with Crippen LogP contribution in [0, 0.1) is 5.92 Å². The van der Waals surface area contributed by atoms with E-state index < -0.39 is 0 Å². The second-order valence-electron chi connectivity index (χ2n) is 8.16. The van der Waals surface area contributed by atoms with E-state index in [2.05, 4.69) is 33.8 Å². The molecule has 1 heterocycles. The lowest BCUT2D eigenvalue weighted by molar-refractivity contribution is -0.143. The maximum Gasteiger partial charge on any atom is 0.305 e. The highest BCUT2D eigenvalue weighted by molar-refractivity contribution is 5.90. The fourth-order valence-electron chi connectivity index (χ4n) is 4.25. The lowest BCUT2D eigenvalue weighted by Gasteiger charge is -2.29. The van der Waals surface area contributed by atoms with Crippen molar-refractivity contribution in [3.05, 3.63) is 54.6 Å². The van der Waals surface area contributed by atoms with E-state index in [1.165, 1.54) is 24.8 Å². The minimum atomic E-state index is -0.142. The number of nitrogens with zero attached hydrogens (tertiary/aromatic N) is 3. The Balaban J connectivity index is 1.69. The zero-order chi connectivity index (χ0) is 21.7. The third-order valence-electron chi connectivity index (χ3n) is 5.86. The monoisotopic (exact) mass is 425 g/mol. The summed E-state index contributed by atoms with van der Waals surface area (Å²) in [6, 6.07) is 10.6. The number of carbonyl (C=O) groups is 1. The van der Waals surface area contributed by atoms with Crippen molar-refractivity contribution in [1.82, 2.24) is 9.55 Å². The number of rotatable bonds is 12. The zero-order valence-electron chi connectivity index (χ0n) is 18.6. The van der Waals surface area contributed by atoms with Crippen LogP contribution in [0.1, 0.15) is 69.9 Å². The van der Waals surface area contributed by atoms with Gasteiger partial charge < -0.3 is 14.1 Å². The molecular formula is C25H35N3O3. The summed E-state index contributed by atoms with van der Waals surface area (Å²) < 4.78 is 7.14. The lowest BCUT2D eigenvalue weighted by atomic mass is 9.82. The van der Waals surface area contributed by atoms with Crippen LogP contribution < -0.4 is 0 Å². The van der Waals surface area contributed by atoms with Crippen molar-refractivity contribution in [2.45, 2.75) is 70.8 Å². The first-order valence-corrected chi connectivity index (χ1v) is 11.6. The molecule has 1 aromatic heterocycles. The Kier molecular flexibility index (Phi) is 9.61. The first-order chi connectivity index (χ1) is 15.3. The van der Waals surface area contributed by atoms with E-state index in [9.17, 15) is 4.79 Å². The predicted octanol–water partition coefficient (Wildman–Crippen LogP) is 5.35. The fourth-order valence-corrected chi connectivity index (χ4v) is 4.25. The van der Waals surface area contributed by atoms with E-state index in [4.69, 9.17) is 14.7 Å². The molecule has 0 amide bonds. The quantitative estimate of drug-likeness (QED) is 0.199. The van der Waals surface area contributed by atoms with Crippen LogP contribution in [-0.2, 0) is 20.8 Å². The number of aromatic nitrogens is 2. The maximum atomic E-state index is 11.5. The molecule has 1 unspecified atom stereocenters. The molecule has 6 heteroatoms. The molecule has 168 valence electrons. The topological polar surface area (TPSA) is 65.7 Å². The van der Waals surface area contributed by atoms with Crippen molar-refractivity contribution in [2.24, 2.45) is 11.1 Å². The van der Waals surface area contributed by atoms with Crippen LogP contribution in [0.4, 0.5) is 0 Å². The highest BCUT2D eigenvalue weighted by Gasteiger charge is 2.28. The molecule has 0 radical (unpaired) electrons. The van der Waals surface area contributed by atoms with Crippen LogP contribution >= 0.6 is 0 Å². The molecule has 2 aromatic rings. The number of hydrogen-bond donors (Lipinski definition) is 0. The van der Waals surface area contributed by atoms with Crippen LogP contribution in [0.2, 0.25) is 0 Å². The molecule has 0 saturated heterocycles. The molecule has 0 spiro atoms. The number of oxime groups is 1. The molecule has 1 aliphatic carbocycles. The number of hydrogen-bond acceptors (Lipinski definition) is 5. The Morgan fingerprint density at radius 1 is 1.19 bits per heavy atom. The Morgan fingerprint density at radius 3 is 2.71 bits per heavy atom. The number of imidazole rings is 1. The van der Waals surface area contributed by atoms with Gasteiger partial charge in [0.1, 0.15) is 6.61 Å². The Hall–Kier alpha value is -2.63. The summed E-state index contributed by atoms with van der Waals surface area (Å²) in [6.45, 7) is 2.77. The molecule has 6 nitrogen and oxygen atoms in total. The lowest BCUT2D eigenvalue weighted by Crippen LogP contribution is -2.29. The van der Waals surface area contributed by atoms with Gasteiger partial charge in [-0.2, -0.15) is 0 Å². The summed E-state index contributed by atoms with van der Waals surface area (Å²) >= 11 is 0. The van der Waals surface area contributed by atoms with Crippen LogP contribution in [0.5, 0.6) is 0 Å². The van der Waals surface area contributed by atoms with Crippen molar-refractivity contribution in [1.29, 1.82) is 0 Å². The molecule has 31 heavy (non-hydrogen) atoms. The van der Waals surface area contributed by atoms with E-state index in [-0.39, 0.29) is 12.0 Å². The van der Waals surface area contributed by atoms with Gasteiger partial charge in [-0.05, 0) is 44.6 Å². The zero-order valence-corrected chi connectivity index (χ0v) is 18.6. The van der Waals surface area contributed by atoms with Crippen molar-refractivity contribution in [2.75, 3.05) is 13.2 Å². The highest BCUT2D eigenvalue weighted by Crippen LogP contribution is 2.31. The largest absolute Gasteiger partial charge is 0.466 e. The number of unbranched alkanes of at least 4 members (excludes halogenated alkanes) is 1. The number of benzene rings is 1. The summed E-state index contributed by atoms with van der Waals surface area (Å²) in [5.41, 5.74) is 2.39. The van der Waals surface area contributed by atoms with E-state index in [0.717, 1.165) is 37.8 Å². The molecule has 0 N–H and O–H groups in total. The molecule has 1 atom stereocenters. The number of ether oxygens (including phenoxy) is 1. The van der Waals surface area contributed by atoms with Gasteiger partial charge in [0.15, 0.2) is 0 Å². The minimum absolute atomic E-state index is 0.0903. The smallest absolute Gasteiger partial charge is 0.305 e.